The summed E-state index contributed by atoms with van der Waals surface area (Å²) in [5.74, 6) is 0.0976. The Hall–Kier alpha value is -1.76. The fourth-order valence-corrected chi connectivity index (χ4v) is 3.07. The van der Waals surface area contributed by atoms with Gasteiger partial charge in [-0.3, -0.25) is 15.2 Å². The summed E-state index contributed by atoms with van der Waals surface area (Å²) in [5, 5.41) is 0. The minimum absolute atomic E-state index is 0.0976. The Labute approximate surface area is 150 Å². The van der Waals surface area contributed by atoms with Crippen LogP contribution < -0.4 is 10.9 Å². The van der Waals surface area contributed by atoms with Crippen molar-refractivity contribution in [1.82, 2.24) is 20.7 Å². The maximum absolute atomic E-state index is 13.0. The first-order valence-electron chi connectivity index (χ1n) is 8.06. The molecule has 0 bridgehead atoms. The summed E-state index contributed by atoms with van der Waals surface area (Å²) in [6.07, 6.45) is 2.55. The zero-order chi connectivity index (χ0) is 16.9. The molecule has 0 spiro atoms. The number of amides is 1. The van der Waals surface area contributed by atoms with Crippen molar-refractivity contribution in [1.29, 1.82) is 0 Å². The van der Waals surface area contributed by atoms with E-state index in [1.807, 2.05) is 47.4 Å². The van der Waals surface area contributed by atoms with E-state index in [0.29, 0.717) is 19.1 Å². The van der Waals surface area contributed by atoms with E-state index in [-0.39, 0.29) is 11.9 Å². The van der Waals surface area contributed by atoms with Crippen LogP contribution in [0.15, 0.2) is 53.1 Å². The highest BCUT2D eigenvalue weighted by Gasteiger charge is 2.30. The topological polar surface area (TPSA) is 57.3 Å². The standard InChI is InChI=1S/C18H21BrN4O/c1-13-10-17(22-21-13)18(24)23(12-16-4-2-3-9-20-16)11-14-5-7-15(19)8-6-14/h2-9,13,17,21-22H,10-12H2,1H3. The lowest BCUT2D eigenvalue weighted by molar-refractivity contribution is -0.134. The third-order valence-corrected chi connectivity index (χ3v) is 4.60. The second-order valence-electron chi connectivity index (χ2n) is 6.12. The summed E-state index contributed by atoms with van der Waals surface area (Å²) in [6, 6.07) is 13.9. The van der Waals surface area contributed by atoms with Crippen LogP contribution in [0.5, 0.6) is 0 Å². The number of hydrazine groups is 1. The lowest BCUT2D eigenvalue weighted by atomic mass is 10.1. The maximum Gasteiger partial charge on any atom is 0.241 e. The van der Waals surface area contributed by atoms with Crippen LogP contribution in [0.2, 0.25) is 0 Å². The van der Waals surface area contributed by atoms with E-state index in [4.69, 9.17) is 0 Å². The molecule has 2 aromatic rings. The van der Waals surface area contributed by atoms with Crippen molar-refractivity contribution in [3.63, 3.8) is 0 Å². The van der Waals surface area contributed by atoms with E-state index in [9.17, 15) is 4.79 Å². The van der Waals surface area contributed by atoms with Crippen molar-refractivity contribution in [2.75, 3.05) is 0 Å². The zero-order valence-electron chi connectivity index (χ0n) is 13.6. The molecular weight excluding hydrogens is 368 g/mol. The minimum Gasteiger partial charge on any atom is -0.331 e. The van der Waals surface area contributed by atoms with E-state index in [1.165, 1.54) is 0 Å². The second-order valence-corrected chi connectivity index (χ2v) is 7.04. The molecule has 5 nitrogen and oxygen atoms in total. The molecule has 0 saturated carbocycles. The van der Waals surface area contributed by atoms with Gasteiger partial charge in [-0.1, -0.05) is 34.1 Å². The van der Waals surface area contributed by atoms with Crippen molar-refractivity contribution in [3.05, 3.63) is 64.4 Å². The van der Waals surface area contributed by atoms with Gasteiger partial charge in [0.1, 0.15) is 6.04 Å². The van der Waals surface area contributed by atoms with Gasteiger partial charge in [-0.2, -0.15) is 0 Å². The molecule has 2 heterocycles. The van der Waals surface area contributed by atoms with Gasteiger partial charge in [-0.25, -0.2) is 5.43 Å². The molecule has 3 rings (SSSR count). The first-order chi connectivity index (χ1) is 11.6. The van der Waals surface area contributed by atoms with Crippen molar-refractivity contribution in [2.24, 2.45) is 0 Å². The molecule has 0 radical (unpaired) electrons. The zero-order valence-corrected chi connectivity index (χ0v) is 15.2. The predicted molar refractivity (Wildman–Crippen MR) is 96.8 cm³/mol. The molecule has 0 aliphatic carbocycles. The van der Waals surface area contributed by atoms with Crippen LogP contribution >= 0.6 is 15.9 Å². The molecule has 1 saturated heterocycles. The number of carbonyl (C=O) groups excluding carboxylic acids is 1. The highest BCUT2D eigenvalue weighted by atomic mass is 79.9. The largest absolute Gasteiger partial charge is 0.331 e. The molecule has 2 atom stereocenters. The number of nitrogens with one attached hydrogen (secondary N) is 2. The summed E-state index contributed by atoms with van der Waals surface area (Å²) in [5.41, 5.74) is 8.21. The Morgan fingerprint density at radius 1 is 1.21 bits per heavy atom. The first kappa shape index (κ1) is 17.1. The van der Waals surface area contributed by atoms with E-state index in [2.05, 4.69) is 38.7 Å². The molecule has 2 unspecified atom stereocenters. The van der Waals surface area contributed by atoms with Crippen LogP contribution in [0.1, 0.15) is 24.6 Å². The molecule has 1 aromatic heterocycles. The summed E-state index contributed by atoms with van der Waals surface area (Å²) in [4.78, 5) is 19.2. The predicted octanol–water partition coefficient (Wildman–Crippen LogP) is 2.63. The summed E-state index contributed by atoms with van der Waals surface area (Å²) in [7, 11) is 0. The average molecular weight is 389 g/mol. The molecule has 1 aliphatic heterocycles. The number of hydrogen-bond acceptors (Lipinski definition) is 4. The molecule has 1 aromatic carbocycles. The Bertz CT molecular complexity index is 677. The Balaban J connectivity index is 1.77. The minimum atomic E-state index is -0.195. The van der Waals surface area contributed by atoms with Gasteiger partial charge >= 0.3 is 0 Å². The Kier molecular flexibility index (Phi) is 5.60. The quantitative estimate of drug-likeness (QED) is 0.826. The third kappa shape index (κ3) is 4.41. The maximum atomic E-state index is 13.0. The van der Waals surface area contributed by atoms with Crippen molar-refractivity contribution >= 4 is 21.8 Å². The van der Waals surface area contributed by atoms with Crippen molar-refractivity contribution < 1.29 is 4.79 Å². The van der Waals surface area contributed by atoms with Gasteiger partial charge in [-0.05, 0) is 43.2 Å². The summed E-state index contributed by atoms with van der Waals surface area (Å²) >= 11 is 3.45. The number of carbonyl (C=O) groups is 1. The number of nitrogens with zero attached hydrogens (tertiary/aromatic N) is 2. The third-order valence-electron chi connectivity index (χ3n) is 4.07. The fraction of sp³-hybridized carbons (Fsp3) is 0.333. The van der Waals surface area contributed by atoms with Gasteiger partial charge in [0.25, 0.3) is 0 Å². The average Bonchev–Trinajstić information content (AvgIpc) is 3.03. The van der Waals surface area contributed by atoms with Crippen LogP contribution in [0.3, 0.4) is 0 Å². The molecule has 2 N–H and O–H groups in total. The van der Waals surface area contributed by atoms with Gasteiger partial charge in [0.2, 0.25) is 5.91 Å². The Morgan fingerprint density at radius 3 is 2.62 bits per heavy atom. The van der Waals surface area contributed by atoms with Crippen LogP contribution in [-0.4, -0.2) is 27.9 Å². The number of hydrogen-bond donors (Lipinski definition) is 2. The van der Waals surface area contributed by atoms with Gasteiger partial charge < -0.3 is 4.90 Å². The molecule has 1 amide bonds. The molecule has 6 heteroatoms. The van der Waals surface area contributed by atoms with Crippen LogP contribution in [0.4, 0.5) is 0 Å². The fourth-order valence-electron chi connectivity index (χ4n) is 2.81. The highest BCUT2D eigenvalue weighted by Crippen LogP contribution is 2.16. The van der Waals surface area contributed by atoms with Crippen molar-refractivity contribution in [3.8, 4) is 0 Å². The van der Waals surface area contributed by atoms with Crippen molar-refractivity contribution in [2.45, 2.75) is 38.5 Å². The lowest BCUT2D eigenvalue weighted by Crippen LogP contribution is -2.45. The smallest absolute Gasteiger partial charge is 0.241 e. The normalized spacial score (nSPS) is 20.1. The number of rotatable bonds is 5. The van der Waals surface area contributed by atoms with Gasteiger partial charge in [0.15, 0.2) is 0 Å². The van der Waals surface area contributed by atoms with E-state index < -0.39 is 0 Å². The van der Waals surface area contributed by atoms with E-state index in [0.717, 1.165) is 22.2 Å². The number of pyridine rings is 1. The summed E-state index contributed by atoms with van der Waals surface area (Å²) < 4.78 is 1.03. The summed E-state index contributed by atoms with van der Waals surface area (Å²) in [6.45, 7) is 3.13. The first-order valence-corrected chi connectivity index (χ1v) is 8.85. The Morgan fingerprint density at radius 2 is 2.00 bits per heavy atom. The second kappa shape index (κ2) is 7.88. The SMILES string of the molecule is CC1CC(C(=O)N(Cc2ccc(Br)cc2)Cc2ccccn2)NN1. The molecule has 24 heavy (non-hydrogen) atoms. The van der Waals surface area contributed by atoms with Gasteiger partial charge in [0.05, 0.1) is 12.2 Å². The molecule has 1 fully saturated rings. The number of halogens is 1. The highest BCUT2D eigenvalue weighted by molar-refractivity contribution is 9.10. The van der Waals surface area contributed by atoms with Gasteiger partial charge in [0, 0.05) is 23.3 Å². The van der Waals surface area contributed by atoms with Crippen LogP contribution in [0, 0.1) is 0 Å². The van der Waals surface area contributed by atoms with Gasteiger partial charge in [-0.15, -0.1) is 0 Å². The number of benzene rings is 1. The van der Waals surface area contributed by atoms with E-state index >= 15 is 0 Å². The molecule has 1 aliphatic rings. The molecular formula is C18H21BrN4O. The van der Waals surface area contributed by atoms with Crippen LogP contribution in [0.25, 0.3) is 0 Å². The monoisotopic (exact) mass is 388 g/mol. The van der Waals surface area contributed by atoms with E-state index in [1.54, 1.807) is 6.20 Å². The lowest BCUT2D eigenvalue weighted by Gasteiger charge is -2.25. The molecule has 126 valence electrons. The number of aromatic nitrogens is 1. The van der Waals surface area contributed by atoms with Crippen LogP contribution in [-0.2, 0) is 17.9 Å².